The number of carbonyl (C=O) groups excluding carboxylic acids is 2. The average Bonchev–Trinajstić information content (AvgIpc) is 2.97. The molecule has 2 heterocycles. The molecule has 120 valence electrons. The molecule has 0 saturated carbocycles. The minimum atomic E-state index is -0.169. The zero-order valence-electron chi connectivity index (χ0n) is 13.0. The second-order valence-electron chi connectivity index (χ2n) is 5.82. The van der Waals surface area contributed by atoms with Crippen LogP contribution in [0, 0.1) is 12.8 Å². The molecule has 6 heteroatoms. The molecule has 23 heavy (non-hydrogen) atoms. The number of hydrogen-bond donors (Lipinski definition) is 2. The SMILES string of the molecule is Cc1ccc(Cc2cnc(NC(=O)[C@@H]3CCC(=O)NC3)s2)cc1. The fraction of sp³-hybridized carbons (Fsp3) is 0.353. The van der Waals surface area contributed by atoms with E-state index in [9.17, 15) is 9.59 Å². The lowest BCUT2D eigenvalue weighted by Crippen LogP contribution is -2.40. The lowest BCUT2D eigenvalue weighted by atomic mass is 9.98. The van der Waals surface area contributed by atoms with E-state index < -0.39 is 0 Å². The number of nitrogens with one attached hydrogen (secondary N) is 2. The molecule has 0 radical (unpaired) electrons. The summed E-state index contributed by atoms with van der Waals surface area (Å²) in [6, 6.07) is 8.41. The highest BCUT2D eigenvalue weighted by Gasteiger charge is 2.24. The van der Waals surface area contributed by atoms with Crippen molar-refractivity contribution in [3.63, 3.8) is 0 Å². The van der Waals surface area contributed by atoms with Crippen molar-refractivity contribution in [2.75, 3.05) is 11.9 Å². The van der Waals surface area contributed by atoms with Crippen LogP contribution < -0.4 is 10.6 Å². The molecular formula is C17H19N3O2S. The largest absolute Gasteiger partial charge is 0.355 e. The molecule has 0 unspecified atom stereocenters. The van der Waals surface area contributed by atoms with Crippen molar-refractivity contribution in [2.45, 2.75) is 26.2 Å². The third kappa shape index (κ3) is 4.16. The Bertz CT molecular complexity index is 699. The Morgan fingerprint density at radius 1 is 1.39 bits per heavy atom. The minimum Gasteiger partial charge on any atom is -0.355 e. The van der Waals surface area contributed by atoms with E-state index in [0.29, 0.717) is 24.5 Å². The van der Waals surface area contributed by atoms with Gasteiger partial charge in [0, 0.05) is 30.5 Å². The molecule has 1 aliphatic heterocycles. The third-order valence-electron chi connectivity index (χ3n) is 3.92. The van der Waals surface area contributed by atoms with Gasteiger partial charge >= 0.3 is 0 Å². The third-order valence-corrected chi connectivity index (χ3v) is 4.83. The van der Waals surface area contributed by atoms with Crippen molar-refractivity contribution in [1.82, 2.24) is 10.3 Å². The fourth-order valence-corrected chi connectivity index (χ4v) is 3.37. The van der Waals surface area contributed by atoms with Gasteiger partial charge in [0.2, 0.25) is 11.8 Å². The number of aryl methyl sites for hydroxylation is 1. The number of carbonyl (C=O) groups is 2. The molecule has 0 aliphatic carbocycles. The number of thiazole rings is 1. The van der Waals surface area contributed by atoms with Crippen LogP contribution in [0.15, 0.2) is 30.5 Å². The normalized spacial score (nSPS) is 17.6. The van der Waals surface area contributed by atoms with Crippen LogP contribution in [0.25, 0.3) is 0 Å². The Morgan fingerprint density at radius 3 is 2.87 bits per heavy atom. The first kappa shape index (κ1) is 15.7. The topological polar surface area (TPSA) is 71.1 Å². The van der Waals surface area contributed by atoms with Gasteiger partial charge in [-0.15, -0.1) is 11.3 Å². The summed E-state index contributed by atoms with van der Waals surface area (Å²) < 4.78 is 0. The van der Waals surface area contributed by atoms with Crippen molar-refractivity contribution in [1.29, 1.82) is 0 Å². The van der Waals surface area contributed by atoms with Gasteiger partial charge in [-0.25, -0.2) is 4.98 Å². The molecule has 3 rings (SSSR count). The summed E-state index contributed by atoms with van der Waals surface area (Å²) in [4.78, 5) is 28.7. The van der Waals surface area contributed by atoms with Gasteiger partial charge in [0.25, 0.3) is 0 Å². The lowest BCUT2D eigenvalue weighted by Gasteiger charge is -2.20. The second kappa shape index (κ2) is 6.91. The van der Waals surface area contributed by atoms with Gasteiger partial charge in [-0.1, -0.05) is 29.8 Å². The van der Waals surface area contributed by atoms with Crippen molar-refractivity contribution in [3.05, 3.63) is 46.5 Å². The molecule has 1 saturated heterocycles. The number of benzene rings is 1. The van der Waals surface area contributed by atoms with E-state index in [4.69, 9.17) is 0 Å². The van der Waals surface area contributed by atoms with Crippen LogP contribution in [0.4, 0.5) is 5.13 Å². The number of anilines is 1. The highest BCUT2D eigenvalue weighted by molar-refractivity contribution is 7.15. The highest BCUT2D eigenvalue weighted by Crippen LogP contribution is 2.22. The molecule has 0 bridgehead atoms. The van der Waals surface area contributed by atoms with Gasteiger partial charge in [-0.2, -0.15) is 0 Å². The standard InChI is InChI=1S/C17H19N3O2S/c1-11-2-4-12(5-3-11)8-14-10-19-17(23-14)20-16(22)13-6-7-15(21)18-9-13/h2-5,10,13H,6-9H2,1H3,(H,18,21)(H,19,20,22)/t13-/m1/s1. The summed E-state index contributed by atoms with van der Waals surface area (Å²) in [7, 11) is 0. The maximum atomic E-state index is 12.2. The van der Waals surface area contributed by atoms with Gasteiger partial charge in [0.05, 0.1) is 5.92 Å². The highest BCUT2D eigenvalue weighted by atomic mass is 32.1. The van der Waals surface area contributed by atoms with Gasteiger partial charge in [-0.3, -0.25) is 9.59 Å². The van der Waals surface area contributed by atoms with E-state index >= 15 is 0 Å². The lowest BCUT2D eigenvalue weighted by molar-refractivity contribution is -0.126. The molecule has 2 amide bonds. The molecular weight excluding hydrogens is 310 g/mol. The van der Waals surface area contributed by atoms with E-state index in [1.165, 1.54) is 22.5 Å². The first-order valence-corrected chi connectivity index (χ1v) is 8.49. The number of aromatic nitrogens is 1. The summed E-state index contributed by atoms with van der Waals surface area (Å²) in [5.74, 6) is -0.220. The van der Waals surface area contributed by atoms with Gasteiger partial charge in [-0.05, 0) is 18.9 Å². The molecule has 1 fully saturated rings. The zero-order chi connectivity index (χ0) is 16.2. The molecule has 2 N–H and O–H groups in total. The summed E-state index contributed by atoms with van der Waals surface area (Å²) in [5.41, 5.74) is 2.47. The van der Waals surface area contributed by atoms with E-state index in [2.05, 4.69) is 46.8 Å². The Labute approximate surface area is 139 Å². The van der Waals surface area contributed by atoms with Crippen molar-refractivity contribution in [2.24, 2.45) is 5.92 Å². The van der Waals surface area contributed by atoms with E-state index in [0.717, 1.165) is 11.3 Å². The average molecular weight is 329 g/mol. The van der Waals surface area contributed by atoms with E-state index in [1.54, 1.807) is 0 Å². The maximum Gasteiger partial charge on any atom is 0.231 e. The Morgan fingerprint density at radius 2 is 2.17 bits per heavy atom. The minimum absolute atomic E-state index is 0.0173. The number of nitrogens with zero attached hydrogens (tertiary/aromatic N) is 1. The first-order chi connectivity index (χ1) is 11.1. The number of piperidine rings is 1. The van der Waals surface area contributed by atoms with Crippen LogP contribution in [-0.4, -0.2) is 23.3 Å². The number of amides is 2. The summed E-state index contributed by atoms with van der Waals surface area (Å²) in [5, 5.41) is 6.20. The summed E-state index contributed by atoms with van der Waals surface area (Å²) >= 11 is 1.49. The Balaban J connectivity index is 1.57. The van der Waals surface area contributed by atoms with Crippen molar-refractivity contribution < 1.29 is 9.59 Å². The predicted octanol–water partition coefficient (Wildman–Crippen LogP) is 2.51. The number of hydrogen-bond acceptors (Lipinski definition) is 4. The predicted molar refractivity (Wildman–Crippen MR) is 90.5 cm³/mol. The monoisotopic (exact) mass is 329 g/mol. The molecule has 1 aromatic carbocycles. The van der Waals surface area contributed by atoms with Crippen molar-refractivity contribution >= 4 is 28.3 Å². The molecule has 5 nitrogen and oxygen atoms in total. The first-order valence-electron chi connectivity index (χ1n) is 7.68. The summed E-state index contributed by atoms with van der Waals surface area (Å²) in [6.07, 6.45) is 3.63. The zero-order valence-corrected chi connectivity index (χ0v) is 13.8. The van der Waals surface area contributed by atoms with E-state index in [-0.39, 0.29) is 17.7 Å². The fourth-order valence-electron chi connectivity index (χ4n) is 2.52. The Hall–Kier alpha value is -2.21. The van der Waals surface area contributed by atoms with Crippen LogP contribution in [0.5, 0.6) is 0 Å². The van der Waals surface area contributed by atoms with Crippen LogP contribution in [-0.2, 0) is 16.0 Å². The molecule has 2 aromatic rings. The molecule has 1 aliphatic rings. The van der Waals surface area contributed by atoms with Gasteiger partial charge in [0.1, 0.15) is 0 Å². The van der Waals surface area contributed by atoms with Crippen LogP contribution in [0.1, 0.15) is 28.8 Å². The van der Waals surface area contributed by atoms with Gasteiger partial charge in [0.15, 0.2) is 5.13 Å². The van der Waals surface area contributed by atoms with Crippen LogP contribution >= 0.6 is 11.3 Å². The molecule has 1 aromatic heterocycles. The summed E-state index contributed by atoms with van der Waals surface area (Å²) in [6.45, 7) is 2.48. The van der Waals surface area contributed by atoms with Gasteiger partial charge < -0.3 is 10.6 Å². The van der Waals surface area contributed by atoms with E-state index in [1.807, 2.05) is 6.20 Å². The second-order valence-corrected chi connectivity index (χ2v) is 6.94. The Kier molecular flexibility index (Phi) is 4.71. The number of rotatable bonds is 4. The van der Waals surface area contributed by atoms with Crippen LogP contribution in [0.3, 0.4) is 0 Å². The quantitative estimate of drug-likeness (QED) is 0.905. The van der Waals surface area contributed by atoms with Crippen molar-refractivity contribution in [3.8, 4) is 0 Å². The maximum absolute atomic E-state index is 12.2. The molecule has 1 atom stereocenters. The smallest absolute Gasteiger partial charge is 0.231 e. The van der Waals surface area contributed by atoms with Crippen LogP contribution in [0.2, 0.25) is 0 Å². The molecule has 0 spiro atoms.